The second-order valence-electron chi connectivity index (χ2n) is 3.35. The molecule has 0 aromatic heterocycles. The predicted octanol–water partition coefficient (Wildman–Crippen LogP) is 0.629. The molecular formula is C7H16N2O2. The topological polar surface area (TPSA) is 75.3 Å². The zero-order valence-electron chi connectivity index (χ0n) is 7.05. The molecule has 1 amide bonds. The summed E-state index contributed by atoms with van der Waals surface area (Å²) >= 11 is 0. The molecule has 0 aliphatic carbocycles. The minimum atomic E-state index is -0.974. The Hall–Kier alpha value is -0.770. The van der Waals surface area contributed by atoms with E-state index >= 15 is 0 Å². The van der Waals surface area contributed by atoms with Crippen LogP contribution in [-0.4, -0.2) is 24.3 Å². The Balaban J connectivity index is 3.45. The normalized spacial score (nSPS) is 11.2. The number of carbonyl (C=O) groups is 1. The fraction of sp³-hybridized carbons (Fsp3) is 0.857. The van der Waals surface area contributed by atoms with Gasteiger partial charge in [-0.3, -0.25) is 0 Å². The van der Waals surface area contributed by atoms with Crippen molar-refractivity contribution in [1.82, 2.24) is 5.32 Å². The van der Waals surface area contributed by atoms with Crippen LogP contribution in [0.2, 0.25) is 0 Å². The molecule has 4 heteroatoms. The van der Waals surface area contributed by atoms with Gasteiger partial charge in [0.15, 0.2) is 0 Å². The molecule has 0 heterocycles. The monoisotopic (exact) mass is 160 g/mol. The molecule has 0 saturated heterocycles. The molecule has 66 valence electrons. The molecule has 0 aliphatic heterocycles. The van der Waals surface area contributed by atoms with E-state index in [0.717, 1.165) is 6.42 Å². The molecular weight excluding hydrogens is 144 g/mol. The smallest absolute Gasteiger partial charge is 0.404 e. The van der Waals surface area contributed by atoms with Crippen LogP contribution < -0.4 is 11.1 Å². The van der Waals surface area contributed by atoms with Gasteiger partial charge in [-0.05, 0) is 18.4 Å². The molecule has 4 N–H and O–H groups in total. The third-order valence-electron chi connectivity index (χ3n) is 1.63. The summed E-state index contributed by atoms with van der Waals surface area (Å²) in [5, 5.41) is 10.5. The van der Waals surface area contributed by atoms with Crippen molar-refractivity contribution in [2.24, 2.45) is 11.1 Å². The lowest BCUT2D eigenvalue weighted by atomic mass is 9.90. The van der Waals surface area contributed by atoms with E-state index in [4.69, 9.17) is 10.8 Å². The molecule has 0 aromatic rings. The summed E-state index contributed by atoms with van der Waals surface area (Å²) in [6.07, 6.45) is -0.201. The van der Waals surface area contributed by atoms with Crippen molar-refractivity contribution >= 4 is 6.09 Å². The maximum atomic E-state index is 10.0. The van der Waals surface area contributed by atoms with Gasteiger partial charge in [0.05, 0.1) is 0 Å². The summed E-state index contributed by atoms with van der Waals surface area (Å²) in [4.78, 5) is 10.0. The van der Waals surface area contributed by atoms with Crippen LogP contribution in [0, 0.1) is 5.41 Å². The zero-order chi connectivity index (χ0) is 8.91. The second kappa shape index (κ2) is 4.18. The van der Waals surface area contributed by atoms with Gasteiger partial charge in [0.1, 0.15) is 0 Å². The van der Waals surface area contributed by atoms with Crippen LogP contribution >= 0.6 is 0 Å². The van der Waals surface area contributed by atoms with Crippen LogP contribution in [0.1, 0.15) is 20.3 Å². The van der Waals surface area contributed by atoms with Crippen LogP contribution in [0.25, 0.3) is 0 Å². The Morgan fingerprint density at radius 2 is 2.18 bits per heavy atom. The van der Waals surface area contributed by atoms with Crippen molar-refractivity contribution in [2.75, 3.05) is 13.1 Å². The van der Waals surface area contributed by atoms with Gasteiger partial charge in [0.2, 0.25) is 0 Å². The minimum absolute atomic E-state index is 0.0302. The third-order valence-corrected chi connectivity index (χ3v) is 1.63. The molecule has 0 aliphatic rings. The number of carboxylic acid groups (broad SMARTS) is 1. The van der Waals surface area contributed by atoms with Crippen molar-refractivity contribution in [3.63, 3.8) is 0 Å². The molecule has 0 fully saturated rings. The first kappa shape index (κ1) is 10.2. The van der Waals surface area contributed by atoms with E-state index in [9.17, 15) is 4.79 Å². The van der Waals surface area contributed by atoms with E-state index in [0.29, 0.717) is 13.1 Å². The average molecular weight is 160 g/mol. The maximum Gasteiger partial charge on any atom is 0.404 e. The summed E-state index contributed by atoms with van der Waals surface area (Å²) < 4.78 is 0. The Labute approximate surface area is 66.8 Å². The molecule has 0 radical (unpaired) electrons. The Kier molecular flexibility index (Phi) is 3.89. The lowest BCUT2D eigenvalue weighted by molar-refractivity contribution is 0.192. The van der Waals surface area contributed by atoms with Gasteiger partial charge in [-0.15, -0.1) is 0 Å². The molecule has 0 bridgehead atoms. The minimum Gasteiger partial charge on any atom is -0.465 e. The first-order chi connectivity index (χ1) is 4.98. The summed E-state index contributed by atoms with van der Waals surface area (Å²) in [5.74, 6) is 0. The van der Waals surface area contributed by atoms with E-state index in [-0.39, 0.29) is 5.41 Å². The number of amides is 1. The van der Waals surface area contributed by atoms with Gasteiger partial charge in [-0.1, -0.05) is 13.8 Å². The van der Waals surface area contributed by atoms with Gasteiger partial charge in [-0.25, -0.2) is 4.79 Å². The van der Waals surface area contributed by atoms with Crippen LogP contribution in [0.4, 0.5) is 4.79 Å². The molecule has 0 atom stereocenters. The number of rotatable bonds is 4. The Bertz CT molecular complexity index is 134. The van der Waals surface area contributed by atoms with Crippen LogP contribution in [-0.2, 0) is 0 Å². The van der Waals surface area contributed by atoms with Crippen molar-refractivity contribution in [2.45, 2.75) is 20.3 Å². The highest BCUT2D eigenvalue weighted by atomic mass is 16.4. The van der Waals surface area contributed by atoms with Crippen LogP contribution in [0.15, 0.2) is 0 Å². The van der Waals surface area contributed by atoms with E-state index in [1.807, 2.05) is 13.8 Å². The largest absolute Gasteiger partial charge is 0.465 e. The summed E-state index contributed by atoms with van der Waals surface area (Å²) in [5.41, 5.74) is 5.48. The van der Waals surface area contributed by atoms with E-state index in [2.05, 4.69) is 5.32 Å². The maximum absolute atomic E-state index is 10.0. The van der Waals surface area contributed by atoms with E-state index in [1.54, 1.807) is 0 Å². The van der Waals surface area contributed by atoms with Crippen molar-refractivity contribution < 1.29 is 9.90 Å². The summed E-state index contributed by atoms with van der Waals surface area (Å²) in [6.45, 7) is 5.07. The zero-order valence-corrected chi connectivity index (χ0v) is 7.05. The molecule has 0 saturated carbocycles. The summed E-state index contributed by atoms with van der Waals surface area (Å²) in [7, 11) is 0. The lowest BCUT2D eigenvalue weighted by Crippen LogP contribution is -2.30. The number of nitrogens with two attached hydrogens (primary N) is 1. The molecule has 0 unspecified atom stereocenters. The number of nitrogens with one attached hydrogen (secondary N) is 1. The second-order valence-corrected chi connectivity index (χ2v) is 3.35. The highest BCUT2D eigenvalue weighted by Crippen LogP contribution is 2.16. The Morgan fingerprint density at radius 1 is 1.64 bits per heavy atom. The number of hydrogen-bond acceptors (Lipinski definition) is 2. The molecule has 0 aromatic carbocycles. The van der Waals surface area contributed by atoms with Crippen LogP contribution in [0.5, 0.6) is 0 Å². The van der Waals surface area contributed by atoms with Gasteiger partial charge in [0, 0.05) is 6.54 Å². The highest BCUT2D eigenvalue weighted by molar-refractivity contribution is 5.64. The van der Waals surface area contributed by atoms with E-state index in [1.165, 1.54) is 0 Å². The predicted molar refractivity (Wildman–Crippen MR) is 43.5 cm³/mol. The standard InChI is InChI=1S/C7H16N2O2/c1-7(2,5-8)3-4-9-6(10)11/h9H,3-5,8H2,1-2H3,(H,10,11). The van der Waals surface area contributed by atoms with Crippen LogP contribution in [0.3, 0.4) is 0 Å². The van der Waals surface area contributed by atoms with E-state index < -0.39 is 6.09 Å². The van der Waals surface area contributed by atoms with Crippen molar-refractivity contribution in [3.05, 3.63) is 0 Å². The lowest BCUT2D eigenvalue weighted by Gasteiger charge is -2.21. The van der Waals surface area contributed by atoms with Gasteiger partial charge in [-0.2, -0.15) is 0 Å². The molecule has 0 rings (SSSR count). The SMILES string of the molecule is CC(C)(CN)CCNC(=O)O. The van der Waals surface area contributed by atoms with Crippen molar-refractivity contribution in [1.29, 1.82) is 0 Å². The quantitative estimate of drug-likeness (QED) is 0.564. The highest BCUT2D eigenvalue weighted by Gasteiger charge is 2.14. The van der Waals surface area contributed by atoms with Gasteiger partial charge < -0.3 is 16.2 Å². The molecule has 4 nitrogen and oxygen atoms in total. The van der Waals surface area contributed by atoms with Gasteiger partial charge >= 0.3 is 6.09 Å². The first-order valence-corrected chi connectivity index (χ1v) is 3.65. The third kappa shape index (κ3) is 5.66. The Morgan fingerprint density at radius 3 is 2.55 bits per heavy atom. The van der Waals surface area contributed by atoms with Gasteiger partial charge in [0.25, 0.3) is 0 Å². The number of hydrogen-bond donors (Lipinski definition) is 3. The molecule has 11 heavy (non-hydrogen) atoms. The average Bonchev–Trinajstić information content (AvgIpc) is 1.87. The first-order valence-electron chi connectivity index (χ1n) is 3.65. The molecule has 0 spiro atoms. The summed E-state index contributed by atoms with van der Waals surface area (Å²) in [6, 6.07) is 0. The fourth-order valence-corrected chi connectivity index (χ4v) is 0.610. The van der Waals surface area contributed by atoms with Crippen molar-refractivity contribution in [3.8, 4) is 0 Å². The fourth-order valence-electron chi connectivity index (χ4n) is 0.610.